The Bertz CT molecular complexity index is 607. The number of carbonyl (C=O) groups is 1. The van der Waals surface area contributed by atoms with Crippen LogP contribution in [0.25, 0.3) is 0 Å². The number of hydrogen-bond acceptors (Lipinski definition) is 3. The number of anilines is 2. The number of carboxylic acid groups (broad SMARTS) is 1. The minimum Gasteiger partial charge on any atom is -0.478 e. The Balaban J connectivity index is 2.45. The van der Waals surface area contributed by atoms with Gasteiger partial charge in [-0.3, -0.25) is 4.68 Å². The van der Waals surface area contributed by atoms with E-state index in [1.54, 1.807) is 23.9 Å². The summed E-state index contributed by atoms with van der Waals surface area (Å²) in [4.78, 5) is 11.1. The molecule has 2 aromatic rings. The fraction of sp³-hybridized carbons (Fsp3) is 0.167. The van der Waals surface area contributed by atoms with Crippen molar-refractivity contribution in [3.63, 3.8) is 0 Å². The molecule has 94 valence electrons. The van der Waals surface area contributed by atoms with Crippen LogP contribution in [0, 0.1) is 6.92 Å². The molecular weight excluding hydrogens is 254 g/mol. The molecule has 1 aromatic heterocycles. The lowest BCUT2D eigenvalue weighted by Crippen LogP contribution is -2.05. The molecule has 0 aliphatic carbocycles. The molecule has 0 saturated heterocycles. The van der Waals surface area contributed by atoms with Gasteiger partial charge in [-0.2, -0.15) is 5.10 Å². The van der Waals surface area contributed by atoms with E-state index < -0.39 is 5.97 Å². The van der Waals surface area contributed by atoms with Crippen LogP contribution >= 0.6 is 11.6 Å². The average Bonchev–Trinajstić information content (AvgIpc) is 2.60. The molecule has 0 fully saturated rings. The minimum absolute atomic E-state index is 0.126. The van der Waals surface area contributed by atoms with Crippen molar-refractivity contribution in [1.29, 1.82) is 0 Å². The quantitative estimate of drug-likeness (QED) is 0.895. The van der Waals surface area contributed by atoms with Crippen LogP contribution in [0.5, 0.6) is 0 Å². The van der Waals surface area contributed by atoms with Gasteiger partial charge in [0.2, 0.25) is 0 Å². The van der Waals surface area contributed by atoms with Gasteiger partial charge in [0.25, 0.3) is 0 Å². The number of para-hydroxylation sites is 1. The van der Waals surface area contributed by atoms with E-state index in [-0.39, 0.29) is 5.56 Å². The van der Waals surface area contributed by atoms with Crippen LogP contribution in [0.1, 0.15) is 16.1 Å². The number of aryl methyl sites for hydroxylation is 2. The highest BCUT2D eigenvalue weighted by Gasteiger charge is 2.14. The van der Waals surface area contributed by atoms with E-state index in [0.717, 1.165) is 5.69 Å². The topological polar surface area (TPSA) is 67.2 Å². The SMILES string of the molecule is Cc1cc(Nc2c(Cl)cccc2C(=O)O)n(C)n1. The van der Waals surface area contributed by atoms with Gasteiger partial charge in [0.1, 0.15) is 5.82 Å². The number of halogens is 1. The lowest BCUT2D eigenvalue weighted by Gasteiger charge is -2.11. The second-order valence-electron chi connectivity index (χ2n) is 3.89. The standard InChI is InChI=1S/C12H12ClN3O2/c1-7-6-10(16(2)15-7)14-11-8(12(17)18)4-3-5-9(11)13/h3-6,14H,1-2H3,(H,17,18). The van der Waals surface area contributed by atoms with Gasteiger partial charge in [-0.25, -0.2) is 4.79 Å². The first kappa shape index (κ1) is 12.4. The van der Waals surface area contributed by atoms with Crippen molar-refractivity contribution in [2.24, 2.45) is 7.05 Å². The highest BCUT2D eigenvalue weighted by Crippen LogP contribution is 2.29. The predicted molar refractivity (Wildman–Crippen MR) is 69.6 cm³/mol. The number of benzene rings is 1. The van der Waals surface area contributed by atoms with Crippen molar-refractivity contribution in [1.82, 2.24) is 9.78 Å². The maximum Gasteiger partial charge on any atom is 0.337 e. The Hall–Kier alpha value is -2.01. The van der Waals surface area contributed by atoms with Crippen LogP contribution < -0.4 is 5.32 Å². The number of aromatic carboxylic acids is 1. The van der Waals surface area contributed by atoms with Crippen LogP contribution in [0.2, 0.25) is 5.02 Å². The van der Waals surface area contributed by atoms with Crippen LogP contribution in [0.3, 0.4) is 0 Å². The lowest BCUT2D eigenvalue weighted by molar-refractivity contribution is 0.0698. The van der Waals surface area contributed by atoms with E-state index in [2.05, 4.69) is 10.4 Å². The van der Waals surface area contributed by atoms with Crippen LogP contribution in [0.15, 0.2) is 24.3 Å². The Kier molecular flexibility index (Phi) is 3.25. The molecule has 0 unspecified atom stereocenters. The normalized spacial score (nSPS) is 10.4. The summed E-state index contributed by atoms with van der Waals surface area (Å²) in [6, 6.07) is 6.56. The average molecular weight is 266 g/mol. The Labute approximate surface area is 109 Å². The molecule has 0 radical (unpaired) electrons. The summed E-state index contributed by atoms with van der Waals surface area (Å²) < 4.78 is 1.63. The largest absolute Gasteiger partial charge is 0.478 e. The summed E-state index contributed by atoms with van der Waals surface area (Å²) >= 11 is 6.03. The Morgan fingerprint density at radius 3 is 2.78 bits per heavy atom. The molecule has 6 heteroatoms. The van der Waals surface area contributed by atoms with Crippen molar-refractivity contribution in [3.05, 3.63) is 40.5 Å². The zero-order chi connectivity index (χ0) is 13.3. The number of aromatic nitrogens is 2. The van der Waals surface area contributed by atoms with E-state index in [9.17, 15) is 4.79 Å². The molecule has 5 nitrogen and oxygen atoms in total. The monoisotopic (exact) mass is 265 g/mol. The molecule has 1 aromatic carbocycles. The molecule has 0 amide bonds. The zero-order valence-electron chi connectivity index (χ0n) is 9.94. The van der Waals surface area contributed by atoms with Crippen molar-refractivity contribution < 1.29 is 9.90 Å². The number of carboxylic acids is 1. The predicted octanol–water partition coefficient (Wildman–Crippen LogP) is 2.82. The van der Waals surface area contributed by atoms with Gasteiger partial charge in [0, 0.05) is 13.1 Å². The van der Waals surface area contributed by atoms with E-state index >= 15 is 0 Å². The van der Waals surface area contributed by atoms with E-state index in [1.165, 1.54) is 6.07 Å². The van der Waals surface area contributed by atoms with Gasteiger partial charge >= 0.3 is 5.97 Å². The molecule has 0 bridgehead atoms. The fourth-order valence-corrected chi connectivity index (χ4v) is 1.91. The molecule has 0 spiro atoms. The van der Waals surface area contributed by atoms with Gasteiger partial charge < -0.3 is 10.4 Å². The smallest absolute Gasteiger partial charge is 0.337 e. The van der Waals surface area contributed by atoms with Crippen molar-refractivity contribution in [3.8, 4) is 0 Å². The first-order valence-corrected chi connectivity index (χ1v) is 5.66. The maximum atomic E-state index is 11.1. The van der Waals surface area contributed by atoms with Crippen LogP contribution in [-0.2, 0) is 7.05 Å². The Morgan fingerprint density at radius 1 is 1.50 bits per heavy atom. The second-order valence-corrected chi connectivity index (χ2v) is 4.29. The maximum absolute atomic E-state index is 11.1. The molecule has 18 heavy (non-hydrogen) atoms. The molecule has 0 saturated carbocycles. The second kappa shape index (κ2) is 4.70. The molecule has 0 atom stereocenters. The number of hydrogen-bond donors (Lipinski definition) is 2. The highest BCUT2D eigenvalue weighted by molar-refractivity contribution is 6.34. The zero-order valence-corrected chi connectivity index (χ0v) is 10.7. The summed E-state index contributed by atoms with van der Waals surface area (Å²) in [6.45, 7) is 1.86. The first-order chi connectivity index (χ1) is 8.49. The van der Waals surface area contributed by atoms with Crippen LogP contribution in [0.4, 0.5) is 11.5 Å². The van der Waals surface area contributed by atoms with Crippen molar-refractivity contribution in [2.45, 2.75) is 6.92 Å². The summed E-state index contributed by atoms with van der Waals surface area (Å²) in [5.41, 5.74) is 1.33. The molecule has 0 aliphatic rings. The Morgan fingerprint density at radius 2 is 2.22 bits per heavy atom. The number of nitrogens with one attached hydrogen (secondary N) is 1. The first-order valence-electron chi connectivity index (χ1n) is 5.28. The van der Waals surface area contributed by atoms with Crippen LogP contribution in [-0.4, -0.2) is 20.9 Å². The van der Waals surface area contributed by atoms with Gasteiger partial charge in [0.05, 0.1) is 22.0 Å². The molecule has 2 rings (SSSR count). The molecule has 1 heterocycles. The lowest BCUT2D eigenvalue weighted by atomic mass is 10.2. The third-order valence-electron chi connectivity index (χ3n) is 2.50. The van der Waals surface area contributed by atoms with Crippen molar-refractivity contribution in [2.75, 3.05) is 5.32 Å². The molecule has 0 aliphatic heterocycles. The van der Waals surface area contributed by atoms with Gasteiger partial charge in [0.15, 0.2) is 0 Å². The van der Waals surface area contributed by atoms with Gasteiger partial charge in [-0.05, 0) is 19.1 Å². The van der Waals surface area contributed by atoms with Gasteiger partial charge in [-0.1, -0.05) is 17.7 Å². The third kappa shape index (κ3) is 2.31. The molecule has 2 N–H and O–H groups in total. The van der Waals surface area contributed by atoms with E-state index in [0.29, 0.717) is 16.5 Å². The van der Waals surface area contributed by atoms with Gasteiger partial charge in [-0.15, -0.1) is 0 Å². The fourth-order valence-electron chi connectivity index (χ4n) is 1.69. The number of rotatable bonds is 3. The number of nitrogens with zero attached hydrogens (tertiary/aromatic N) is 2. The van der Waals surface area contributed by atoms with E-state index in [4.69, 9.17) is 16.7 Å². The summed E-state index contributed by atoms with van der Waals surface area (Å²) in [6.07, 6.45) is 0. The minimum atomic E-state index is -1.03. The summed E-state index contributed by atoms with van der Waals surface area (Å²) in [5.74, 6) is -0.345. The summed E-state index contributed by atoms with van der Waals surface area (Å²) in [7, 11) is 1.77. The third-order valence-corrected chi connectivity index (χ3v) is 2.81. The molecular formula is C12H12ClN3O2. The van der Waals surface area contributed by atoms with Crippen molar-refractivity contribution >= 4 is 29.1 Å². The van der Waals surface area contributed by atoms with E-state index in [1.807, 2.05) is 13.0 Å². The highest BCUT2D eigenvalue weighted by atomic mass is 35.5. The summed E-state index contributed by atoms with van der Waals surface area (Å²) in [5, 5.41) is 16.7.